The Balaban J connectivity index is 3.61. The molecule has 0 aromatic rings. The molecule has 0 bridgehead atoms. The molecule has 0 saturated carbocycles. The van der Waals surface area contributed by atoms with Gasteiger partial charge in [-0.2, -0.15) is 0 Å². The molecule has 0 aliphatic heterocycles. The molecule has 68 valence electrons. The molecule has 1 heteroatoms. The smallest absolute Gasteiger partial charge is 0.00235 e. The largest absolute Gasteiger partial charge is 0.319 e. The molecule has 2 unspecified atom stereocenters. The van der Waals surface area contributed by atoms with Crippen molar-refractivity contribution in [3.05, 3.63) is 0 Å². The third-order valence-corrected chi connectivity index (χ3v) is 2.51. The summed E-state index contributed by atoms with van der Waals surface area (Å²) < 4.78 is 0. The van der Waals surface area contributed by atoms with Crippen molar-refractivity contribution in [2.45, 2.75) is 40.0 Å². The third-order valence-electron chi connectivity index (χ3n) is 2.51. The van der Waals surface area contributed by atoms with Crippen LogP contribution < -0.4 is 5.32 Å². The lowest BCUT2D eigenvalue weighted by molar-refractivity contribution is 0.316. The van der Waals surface area contributed by atoms with Gasteiger partial charge in [-0.3, -0.25) is 0 Å². The van der Waals surface area contributed by atoms with E-state index in [1.54, 1.807) is 0 Å². The fraction of sp³-hybridized carbons (Fsp3) is 1.00. The fourth-order valence-electron chi connectivity index (χ4n) is 1.75. The zero-order valence-corrected chi connectivity index (χ0v) is 8.48. The van der Waals surface area contributed by atoms with Crippen molar-refractivity contribution in [3.8, 4) is 0 Å². The molecular formula is C10H23N. The zero-order chi connectivity index (χ0) is 8.69. The van der Waals surface area contributed by atoms with Crippen LogP contribution in [0.3, 0.4) is 0 Å². The highest BCUT2D eigenvalue weighted by Gasteiger charge is 2.12. The normalized spacial score (nSPS) is 16.4. The Kier molecular flexibility index (Phi) is 6.63. The summed E-state index contributed by atoms with van der Waals surface area (Å²) in [6, 6.07) is 0. The third kappa shape index (κ3) is 4.41. The molecule has 1 nitrogen and oxygen atoms in total. The van der Waals surface area contributed by atoms with Crippen molar-refractivity contribution in [3.63, 3.8) is 0 Å². The van der Waals surface area contributed by atoms with E-state index in [0.29, 0.717) is 0 Å². The minimum absolute atomic E-state index is 0.838. The monoisotopic (exact) mass is 157 g/mol. The number of hydrogen-bond acceptors (Lipinski definition) is 1. The Hall–Kier alpha value is -0.0400. The predicted molar refractivity (Wildman–Crippen MR) is 51.8 cm³/mol. The van der Waals surface area contributed by atoms with Gasteiger partial charge in [0, 0.05) is 0 Å². The second kappa shape index (κ2) is 6.66. The quantitative estimate of drug-likeness (QED) is 0.625. The molecule has 0 aromatic carbocycles. The summed E-state index contributed by atoms with van der Waals surface area (Å²) in [6.07, 6.45) is 4.04. The molecule has 1 N–H and O–H groups in total. The SMILES string of the molecule is CCCC(CC)C(C)CNC. The highest BCUT2D eigenvalue weighted by molar-refractivity contribution is 4.65. The predicted octanol–water partition coefficient (Wildman–Crippen LogP) is 2.67. The lowest BCUT2D eigenvalue weighted by atomic mass is 9.88. The minimum Gasteiger partial charge on any atom is -0.319 e. The maximum Gasteiger partial charge on any atom is -0.00235 e. The van der Waals surface area contributed by atoms with Crippen LogP contribution in [-0.4, -0.2) is 13.6 Å². The van der Waals surface area contributed by atoms with Gasteiger partial charge in [0.2, 0.25) is 0 Å². The second-order valence-electron chi connectivity index (χ2n) is 3.49. The molecule has 0 aliphatic carbocycles. The van der Waals surface area contributed by atoms with E-state index < -0.39 is 0 Å². The first-order chi connectivity index (χ1) is 5.26. The van der Waals surface area contributed by atoms with Gasteiger partial charge >= 0.3 is 0 Å². The number of nitrogens with one attached hydrogen (secondary N) is 1. The average Bonchev–Trinajstić information content (AvgIpc) is 2.00. The van der Waals surface area contributed by atoms with Crippen LogP contribution in [0, 0.1) is 11.8 Å². The molecule has 0 aliphatic rings. The maximum absolute atomic E-state index is 3.24. The van der Waals surface area contributed by atoms with Crippen molar-refractivity contribution in [2.75, 3.05) is 13.6 Å². The molecule has 0 rings (SSSR count). The molecule has 2 atom stereocenters. The van der Waals surface area contributed by atoms with E-state index in [1.165, 1.54) is 25.8 Å². The summed E-state index contributed by atoms with van der Waals surface area (Å²) in [5.74, 6) is 1.76. The first-order valence-electron chi connectivity index (χ1n) is 4.90. The molecule has 0 saturated heterocycles. The first kappa shape index (κ1) is 11.0. The van der Waals surface area contributed by atoms with E-state index in [4.69, 9.17) is 0 Å². The van der Waals surface area contributed by atoms with Gasteiger partial charge in [-0.25, -0.2) is 0 Å². The zero-order valence-electron chi connectivity index (χ0n) is 8.48. The van der Waals surface area contributed by atoms with Crippen molar-refractivity contribution in [1.29, 1.82) is 0 Å². The number of hydrogen-bond donors (Lipinski definition) is 1. The van der Waals surface area contributed by atoms with E-state index in [1.807, 2.05) is 7.05 Å². The van der Waals surface area contributed by atoms with Crippen LogP contribution in [0.5, 0.6) is 0 Å². The number of rotatable bonds is 6. The lowest BCUT2D eigenvalue weighted by Crippen LogP contribution is -2.23. The molecular weight excluding hydrogens is 134 g/mol. The van der Waals surface area contributed by atoms with Crippen LogP contribution in [0.4, 0.5) is 0 Å². The van der Waals surface area contributed by atoms with Crippen molar-refractivity contribution in [1.82, 2.24) is 5.32 Å². The average molecular weight is 157 g/mol. The van der Waals surface area contributed by atoms with Crippen LogP contribution in [0.15, 0.2) is 0 Å². The van der Waals surface area contributed by atoms with Crippen LogP contribution in [0.25, 0.3) is 0 Å². The highest BCUT2D eigenvalue weighted by atomic mass is 14.8. The first-order valence-corrected chi connectivity index (χ1v) is 4.90. The summed E-state index contributed by atoms with van der Waals surface area (Å²) >= 11 is 0. The van der Waals surface area contributed by atoms with Gasteiger partial charge in [-0.05, 0) is 25.4 Å². The summed E-state index contributed by atoms with van der Waals surface area (Å²) in [5, 5.41) is 3.24. The van der Waals surface area contributed by atoms with Gasteiger partial charge in [-0.15, -0.1) is 0 Å². The van der Waals surface area contributed by atoms with Crippen LogP contribution >= 0.6 is 0 Å². The molecule has 0 amide bonds. The van der Waals surface area contributed by atoms with E-state index >= 15 is 0 Å². The van der Waals surface area contributed by atoms with Gasteiger partial charge < -0.3 is 5.32 Å². The standard InChI is InChI=1S/C10H23N/c1-5-7-10(6-2)9(3)8-11-4/h9-11H,5-8H2,1-4H3. The van der Waals surface area contributed by atoms with E-state index in [-0.39, 0.29) is 0 Å². The molecule has 0 spiro atoms. The molecule has 0 fully saturated rings. The molecule has 0 heterocycles. The van der Waals surface area contributed by atoms with E-state index in [2.05, 4.69) is 26.1 Å². The van der Waals surface area contributed by atoms with Crippen molar-refractivity contribution in [2.24, 2.45) is 11.8 Å². The van der Waals surface area contributed by atoms with Crippen LogP contribution in [0.1, 0.15) is 40.0 Å². The fourth-order valence-corrected chi connectivity index (χ4v) is 1.75. The summed E-state index contributed by atoms with van der Waals surface area (Å²) in [5.41, 5.74) is 0. The lowest BCUT2D eigenvalue weighted by Gasteiger charge is -2.21. The topological polar surface area (TPSA) is 12.0 Å². The van der Waals surface area contributed by atoms with Gasteiger partial charge in [0.05, 0.1) is 0 Å². The van der Waals surface area contributed by atoms with Gasteiger partial charge in [0.25, 0.3) is 0 Å². The summed E-state index contributed by atoms with van der Waals surface area (Å²) in [6.45, 7) is 8.08. The Morgan fingerprint density at radius 2 is 1.91 bits per heavy atom. The second-order valence-corrected chi connectivity index (χ2v) is 3.49. The van der Waals surface area contributed by atoms with Gasteiger partial charge in [-0.1, -0.05) is 40.0 Å². The van der Waals surface area contributed by atoms with Gasteiger partial charge in [0.15, 0.2) is 0 Å². The van der Waals surface area contributed by atoms with Crippen LogP contribution in [-0.2, 0) is 0 Å². The Labute approximate surface area is 71.6 Å². The highest BCUT2D eigenvalue weighted by Crippen LogP contribution is 2.19. The molecule has 0 radical (unpaired) electrons. The van der Waals surface area contributed by atoms with Crippen molar-refractivity contribution < 1.29 is 0 Å². The van der Waals surface area contributed by atoms with Crippen LogP contribution in [0.2, 0.25) is 0 Å². The van der Waals surface area contributed by atoms with E-state index in [0.717, 1.165) is 11.8 Å². The summed E-state index contributed by atoms with van der Waals surface area (Å²) in [4.78, 5) is 0. The van der Waals surface area contributed by atoms with Gasteiger partial charge in [0.1, 0.15) is 0 Å². The molecule has 0 aromatic heterocycles. The molecule has 11 heavy (non-hydrogen) atoms. The summed E-state index contributed by atoms with van der Waals surface area (Å²) in [7, 11) is 2.04. The Morgan fingerprint density at radius 1 is 1.27 bits per heavy atom. The van der Waals surface area contributed by atoms with Crippen molar-refractivity contribution >= 4 is 0 Å². The maximum atomic E-state index is 3.24. The Bertz CT molecular complexity index is 80.9. The Morgan fingerprint density at radius 3 is 2.27 bits per heavy atom. The minimum atomic E-state index is 0.838. The van der Waals surface area contributed by atoms with E-state index in [9.17, 15) is 0 Å².